The monoisotopic (exact) mass is 297 g/mol. The van der Waals surface area contributed by atoms with E-state index in [0.29, 0.717) is 13.1 Å². The zero-order valence-corrected chi connectivity index (χ0v) is 11.6. The molecule has 0 amide bonds. The van der Waals surface area contributed by atoms with Crippen LogP contribution in [0, 0.1) is 0 Å². The number of aromatic amines is 1. The summed E-state index contributed by atoms with van der Waals surface area (Å²) in [6, 6.07) is 1.10. The second kappa shape index (κ2) is 6.74. The van der Waals surface area contributed by atoms with Crippen molar-refractivity contribution in [2.75, 3.05) is 27.2 Å². The third-order valence-electron chi connectivity index (χ3n) is 2.27. The highest BCUT2D eigenvalue weighted by Gasteiger charge is 2.22. The molecule has 1 aromatic rings. The molecule has 0 fully saturated rings. The average Bonchev–Trinajstić information content (AvgIpc) is 2.75. The lowest BCUT2D eigenvalue weighted by atomic mass is 10.4. The third-order valence-corrected chi connectivity index (χ3v) is 4.11. The normalized spacial score (nSPS) is 11.3. The number of halogens is 1. The molecule has 0 spiro atoms. The van der Waals surface area contributed by atoms with Crippen LogP contribution in [-0.2, 0) is 10.0 Å². The molecule has 0 aliphatic heterocycles. The fraction of sp³-hybridized carbons (Fsp3) is 0.444. The Bertz CT molecular complexity index is 500. The van der Waals surface area contributed by atoms with Gasteiger partial charge in [-0.2, -0.15) is 4.31 Å². The van der Waals surface area contributed by atoms with Crippen LogP contribution in [0.25, 0.3) is 0 Å². The Hall–Kier alpha value is -1.09. The number of hydrogen-bond acceptors (Lipinski definition) is 4. The van der Waals surface area contributed by atoms with E-state index in [9.17, 15) is 13.2 Å². The van der Waals surface area contributed by atoms with Crippen LogP contribution in [0.1, 0.15) is 10.5 Å². The predicted molar refractivity (Wildman–Crippen MR) is 68.7 cm³/mol. The Balaban J connectivity index is 0.00000289. The number of nitrogens with one attached hydrogen (secondary N) is 2. The minimum atomic E-state index is -3.63. The van der Waals surface area contributed by atoms with E-state index in [0.717, 1.165) is 10.4 Å². The lowest BCUT2D eigenvalue weighted by Gasteiger charge is -2.15. The maximum absolute atomic E-state index is 12.0. The number of carboxylic acid groups (broad SMARTS) is 1. The molecule has 0 saturated heterocycles. The predicted octanol–water partition coefficient (Wildman–Crippen LogP) is -0.0254. The van der Waals surface area contributed by atoms with Gasteiger partial charge < -0.3 is 15.4 Å². The summed E-state index contributed by atoms with van der Waals surface area (Å²) in [6.45, 7) is 0.832. The second-order valence-electron chi connectivity index (χ2n) is 3.48. The molecule has 0 aromatic carbocycles. The second-order valence-corrected chi connectivity index (χ2v) is 5.53. The van der Waals surface area contributed by atoms with Crippen LogP contribution in [0.2, 0.25) is 0 Å². The van der Waals surface area contributed by atoms with E-state index in [1.54, 1.807) is 7.05 Å². The van der Waals surface area contributed by atoms with Gasteiger partial charge in [-0.3, -0.25) is 0 Å². The van der Waals surface area contributed by atoms with Gasteiger partial charge in [0.2, 0.25) is 10.0 Å². The summed E-state index contributed by atoms with van der Waals surface area (Å²) in [6.07, 6.45) is 1.18. The first-order chi connectivity index (χ1) is 7.89. The topological polar surface area (TPSA) is 103 Å². The van der Waals surface area contributed by atoms with Gasteiger partial charge in [-0.1, -0.05) is 0 Å². The summed E-state index contributed by atoms with van der Waals surface area (Å²) in [5.74, 6) is -1.19. The third kappa shape index (κ3) is 3.70. The van der Waals surface area contributed by atoms with Gasteiger partial charge in [-0.15, -0.1) is 12.4 Å². The van der Waals surface area contributed by atoms with Crippen LogP contribution >= 0.6 is 12.4 Å². The summed E-state index contributed by atoms with van der Waals surface area (Å²) in [7, 11) is -0.459. The highest BCUT2D eigenvalue weighted by Crippen LogP contribution is 2.15. The van der Waals surface area contributed by atoms with Gasteiger partial charge in [0.25, 0.3) is 0 Å². The van der Waals surface area contributed by atoms with Crippen molar-refractivity contribution in [1.82, 2.24) is 14.6 Å². The first kappa shape index (κ1) is 16.9. The largest absolute Gasteiger partial charge is 0.477 e. The van der Waals surface area contributed by atoms with Crippen LogP contribution in [0.15, 0.2) is 17.2 Å². The first-order valence-electron chi connectivity index (χ1n) is 4.92. The van der Waals surface area contributed by atoms with E-state index in [-0.39, 0.29) is 23.0 Å². The van der Waals surface area contributed by atoms with Gasteiger partial charge in [-0.05, 0) is 13.1 Å². The van der Waals surface area contributed by atoms with Crippen molar-refractivity contribution >= 4 is 28.4 Å². The van der Waals surface area contributed by atoms with Gasteiger partial charge in [0.1, 0.15) is 10.6 Å². The van der Waals surface area contributed by atoms with E-state index >= 15 is 0 Å². The highest BCUT2D eigenvalue weighted by molar-refractivity contribution is 7.89. The van der Waals surface area contributed by atoms with Crippen LogP contribution in [0.5, 0.6) is 0 Å². The van der Waals surface area contributed by atoms with Gasteiger partial charge in [0.05, 0.1) is 0 Å². The summed E-state index contributed by atoms with van der Waals surface area (Å²) in [4.78, 5) is 13.0. The summed E-state index contributed by atoms with van der Waals surface area (Å²) < 4.78 is 25.1. The Labute approximate surface area is 112 Å². The van der Waals surface area contributed by atoms with Gasteiger partial charge in [0, 0.05) is 26.3 Å². The molecule has 1 aromatic heterocycles. The molecule has 0 bridgehead atoms. The van der Waals surface area contributed by atoms with Crippen molar-refractivity contribution in [3.63, 3.8) is 0 Å². The molecule has 18 heavy (non-hydrogen) atoms. The standard InChI is InChI=1S/C9H15N3O4S.ClH/c1-10-3-4-12(2)17(15,16)7-5-8(9(13)14)11-6-7;/h5-6,10-11H,3-4H2,1-2H3,(H,13,14);1H. The molecular weight excluding hydrogens is 282 g/mol. The molecule has 9 heteroatoms. The lowest BCUT2D eigenvalue weighted by molar-refractivity contribution is 0.0691. The smallest absolute Gasteiger partial charge is 0.352 e. The number of aromatic carboxylic acids is 1. The molecule has 3 N–H and O–H groups in total. The summed E-state index contributed by atoms with van der Waals surface area (Å²) in [5.41, 5.74) is -0.148. The molecule has 0 aliphatic rings. The number of hydrogen-bond donors (Lipinski definition) is 3. The van der Waals surface area contributed by atoms with Crippen LogP contribution in [-0.4, -0.2) is 56.0 Å². The number of H-pyrrole nitrogens is 1. The van der Waals surface area contributed by atoms with Crippen molar-refractivity contribution in [2.45, 2.75) is 4.90 Å². The molecule has 0 atom stereocenters. The van der Waals surface area contributed by atoms with E-state index in [4.69, 9.17) is 5.11 Å². The molecule has 1 heterocycles. The molecule has 1 rings (SSSR count). The SMILES string of the molecule is CNCCN(C)S(=O)(=O)c1c[nH]c(C(=O)O)c1.Cl. The molecular formula is C9H16ClN3O4S. The Kier molecular flexibility index (Phi) is 6.33. The van der Waals surface area contributed by atoms with Crippen molar-refractivity contribution in [1.29, 1.82) is 0 Å². The molecule has 0 unspecified atom stereocenters. The number of carbonyl (C=O) groups is 1. The first-order valence-corrected chi connectivity index (χ1v) is 6.36. The fourth-order valence-electron chi connectivity index (χ4n) is 1.22. The van der Waals surface area contributed by atoms with E-state index in [2.05, 4.69) is 10.3 Å². The number of likely N-dealkylation sites (N-methyl/N-ethyl adjacent to an activating group) is 2. The van der Waals surface area contributed by atoms with E-state index < -0.39 is 16.0 Å². The minimum Gasteiger partial charge on any atom is -0.477 e. The van der Waals surface area contributed by atoms with Crippen molar-refractivity contribution in [2.24, 2.45) is 0 Å². The number of aromatic nitrogens is 1. The van der Waals surface area contributed by atoms with Crippen molar-refractivity contribution < 1.29 is 18.3 Å². The summed E-state index contributed by atoms with van der Waals surface area (Å²) in [5, 5.41) is 11.5. The lowest BCUT2D eigenvalue weighted by Crippen LogP contribution is -2.32. The Morgan fingerprint density at radius 1 is 1.56 bits per heavy atom. The maximum atomic E-state index is 12.0. The molecule has 0 saturated carbocycles. The number of rotatable bonds is 6. The highest BCUT2D eigenvalue weighted by atomic mass is 35.5. The fourth-order valence-corrected chi connectivity index (χ4v) is 2.38. The zero-order chi connectivity index (χ0) is 13.1. The number of sulfonamides is 1. The van der Waals surface area contributed by atoms with E-state index in [1.807, 2.05) is 0 Å². The van der Waals surface area contributed by atoms with Crippen molar-refractivity contribution in [3.05, 3.63) is 18.0 Å². The zero-order valence-electron chi connectivity index (χ0n) is 10.0. The average molecular weight is 298 g/mol. The van der Waals surface area contributed by atoms with Gasteiger partial charge >= 0.3 is 5.97 Å². The number of carboxylic acids is 1. The molecule has 104 valence electrons. The van der Waals surface area contributed by atoms with E-state index in [1.165, 1.54) is 13.2 Å². The quantitative estimate of drug-likeness (QED) is 0.684. The number of nitrogens with zero attached hydrogens (tertiary/aromatic N) is 1. The molecule has 0 radical (unpaired) electrons. The summed E-state index contributed by atoms with van der Waals surface area (Å²) >= 11 is 0. The van der Waals surface area contributed by atoms with Gasteiger partial charge in [0.15, 0.2) is 0 Å². The van der Waals surface area contributed by atoms with Crippen LogP contribution in [0.4, 0.5) is 0 Å². The van der Waals surface area contributed by atoms with Crippen LogP contribution < -0.4 is 5.32 Å². The van der Waals surface area contributed by atoms with Crippen molar-refractivity contribution in [3.8, 4) is 0 Å². The Morgan fingerprint density at radius 3 is 2.61 bits per heavy atom. The molecule has 0 aliphatic carbocycles. The van der Waals surface area contributed by atoms with Gasteiger partial charge in [-0.25, -0.2) is 13.2 Å². The molecule has 7 nitrogen and oxygen atoms in total. The Morgan fingerprint density at radius 2 is 2.17 bits per heavy atom. The maximum Gasteiger partial charge on any atom is 0.352 e. The minimum absolute atomic E-state index is 0. The van der Waals surface area contributed by atoms with Crippen LogP contribution in [0.3, 0.4) is 0 Å².